The number of hydrogen-bond acceptors (Lipinski definition) is 4. The summed E-state index contributed by atoms with van der Waals surface area (Å²) in [5.74, 6) is -0.0310. The summed E-state index contributed by atoms with van der Waals surface area (Å²) in [5.41, 5.74) is 1.16. The molecule has 0 aliphatic carbocycles. The van der Waals surface area contributed by atoms with Gasteiger partial charge in [-0.05, 0) is 26.2 Å². The zero-order chi connectivity index (χ0) is 18.0. The van der Waals surface area contributed by atoms with E-state index in [2.05, 4.69) is 4.98 Å². The first-order valence-corrected chi connectivity index (χ1v) is 8.33. The maximum Gasteiger partial charge on any atom is 0.326 e. The highest BCUT2D eigenvalue weighted by Crippen LogP contribution is 2.10. The Hall–Kier alpha value is -2.61. The molecule has 8 heteroatoms. The highest BCUT2D eigenvalue weighted by Gasteiger charge is 2.25. The lowest BCUT2D eigenvalue weighted by Gasteiger charge is -2.35. The molecule has 1 aromatic heterocycles. The van der Waals surface area contributed by atoms with E-state index in [9.17, 15) is 14.4 Å². The van der Waals surface area contributed by atoms with Crippen LogP contribution >= 0.6 is 0 Å². The first-order valence-electron chi connectivity index (χ1n) is 8.33. The Morgan fingerprint density at radius 2 is 1.64 bits per heavy atom. The number of carbonyl (C=O) groups is 2. The smallest absolute Gasteiger partial charge is 0.326 e. The van der Waals surface area contributed by atoms with Gasteiger partial charge < -0.3 is 19.7 Å². The minimum atomic E-state index is -0.283. The van der Waals surface area contributed by atoms with E-state index in [1.807, 2.05) is 43.3 Å². The molecule has 2 aromatic rings. The van der Waals surface area contributed by atoms with E-state index in [0.29, 0.717) is 32.7 Å². The van der Waals surface area contributed by atoms with Gasteiger partial charge >= 0.3 is 5.69 Å². The summed E-state index contributed by atoms with van der Waals surface area (Å²) < 4.78 is 1.46. The van der Waals surface area contributed by atoms with Crippen LogP contribution in [0.2, 0.25) is 0 Å². The Balaban J connectivity index is 1.62. The molecule has 1 aliphatic heterocycles. The molecule has 1 aromatic carbocycles. The summed E-state index contributed by atoms with van der Waals surface area (Å²) in [5, 5.41) is 0. The van der Waals surface area contributed by atoms with Gasteiger partial charge in [-0.25, -0.2) is 4.79 Å². The monoisotopic (exact) mass is 345 g/mol. The molecule has 3 rings (SSSR count). The minimum absolute atomic E-state index is 0.00842. The molecule has 25 heavy (non-hydrogen) atoms. The fourth-order valence-corrected chi connectivity index (χ4v) is 3.07. The Kier molecular flexibility index (Phi) is 4.89. The Morgan fingerprint density at radius 1 is 1.04 bits per heavy atom. The lowest BCUT2D eigenvalue weighted by atomic mass is 10.3. The van der Waals surface area contributed by atoms with Crippen molar-refractivity contribution in [3.63, 3.8) is 0 Å². The van der Waals surface area contributed by atoms with E-state index in [1.165, 1.54) is 4.57 Å². The zero-order valence-corrected chi connectivity index (χ0v) is 14.6. The van der Waals surface area contributed by atoms with Gasteiger partial charge in [0.05, 0.1) is 17.6 Å². The van der Waals surface area contributed by atoms with Gasteiger partial charge in [0.1, 0.15) is 6.54 Å². The van der Waals surface area contributed by atoms with Crippen molar-refractivity contribution in [1.29, 1.82) is 0 Å². The molecule has 1 N–H and O–H groups in total. The number of aromatic amines is 1. The van der Waals surface area contributed by atoms with Crippen molar-refractivity contribution in [1.82, 2.24) is 24.3 Å². The minimum Gasteiger partial charge on any atom is -0.338 e. The number of nitrogens with one attached hydrogen (secondary N) is 1. The maximum absolute atomic E-state index is 12.6. The van der Waals surface area contributed by atoms with E-state index in [4.69, 9.17) is 0 Å². The van der Waals surface area contributed by atoms with Crippen LogP contribution in [0.3, 0.4) is 0 Å². The molecule has 134 valence electrons. The molecular weight excluding hydrogens is 322 g/mol. The number of aromatic nitrogens is 2. The summed E-state index contributed by atoms with van der Waals surface area (Å²) in [6.07, 6.45) is 0. The Bertz CT molecular complexity index is 830. The zero-order valence-electron chi connectivity index (χ0n) is 14.6. The second-order valence-electron chi connectivity index (χ2n) is 6.53. The van der Waals surface area contributed by atoms with Crippen molar-refractivity contribution in [2.75, 3.05) is 46.8 Å². The summed E-state index contributed by atoms with van der Waals surface area (Å²) in [4.78, 5) is 44.8. The van der Waals surface area contributed by atoms with Gasteiger partial charge in [0, 0.05) is 26.2 Å². The van der Waals surface area contributed by atoms with Crippen LogP contribution in [0.25, 0.3) is 11.0 Å². The third-order valence-electron chi connectivity index (χ3n) is 4.41. The van der Waals surface area contributed by atoms with Crippen molar-refractivity contribution in [2.45, 2.75) is 6.54 Å². The molecule has 1 aliphatic rings. The molecule has 0 atom stereocenters. The molecule has 0 bridgehead atoms. The summed E-state index contributed by atoms with van der Waals surface area (Å²) in [6.45, 7) is 2.43. The number of hydrogen-bond donors (Lipinski definition) is 1. The number of benzene rings is 1. The molecule has 1 saturated heterocycles. The Morgan fingerprint density at radius 3 is 2.28 bits per heavy atom. The largest absolute Gasteiger partial charge is 0.338 e. The topological polar surface area (TPSA) is 81.7 Å². The first kappa shape index (κ1) is 17.2. The second kappa shape index (κ2) is 7.10. The lowest BCUT2D eigenvalue weighted by Crippen LogP contribution is -2.53. The summed E-state index contributed by atoms with van der Waals surface area (Å²) >= 11 is 0. The van der Waals surface area contributed by atoms with Gasteiger partial charge in [-0.1, -0.05) is 12.1 Å². The van der Waals surface area contributed by atoms with Gasteiger partial charge in [-0.2, -0.15) is 0 Å². The normalized spacial score (nSPS) is 15.2. The van der Waals surface area contributed by atoms with E-state index >= 15 is 0 Å². The van der Waals surface area contributed by atoms with Crippen LogP contribution in [0, 0.1) is 0 Å². The van der Waals surface area contributed by atoms with Crippen molar-refractivity contribution in [2.24, 2.45) is 0 Å². The number of H-pyrrole nitrogens is 1. The third-order valence-corrected chi connectivity index (χ3v) is 4.41. The number of imidazole rings is 1. The molecular formula is C17H23N5O3. The second-order valence-corrected chi connectivity index (χ2v) is 6.53. The number of likely N-dealkylation sites (N-methyl/N-ethyl adjacent to an activating group) is 1. The molecule has 0 unspecified atom stereocenters. The highest BCUT2D eigenvalue weighted by molar-refractivity contribution is 5.81. The van der Waals surface area contributed by atoms with E-state index in [-0.39, 0.29) is 24.0 Å². The van der Waals surface area contributed by atoms with Gasteiger partial charge in [0.2, 0.25) is 11.8 Å². The number of nitrogens with zero attached hydrogens (tertiary/aromatic N) is 4. The maximum atomic E-state index is 12.6. The van der Waals surface area contributed by atoms with Gasteiger partial charge in [0.25, 0.3) is 0 Å². The van der Waals surface area contributed by atoms with Crippen LogP contribution in [-0.4, -0.2) is 82.9 Å². The summed E-state index contributed by atoms with van der Waals surface area (Å²) in [6, 6.07) is 7.31. The van der Waals surface area contributed by atoms with Crippen LogP contribution < -0.4 is 5.69 Å². The van der Waals surface area contributed by atoms with Crippen LogP contribution in [0.15, 0.2) is 29.1 Å². The average molecular weight is 345 g/mol. The summed E-state index contributed by atoms with van der Waals surface area (Å²) in [7, 11) is 3.72. The van der Waals surface area contributed by atoms with Crippen molar-refractivity contribution in [3.8, 4) is 0 Å². The number of fused-ring (bicyclic) bond motifs is 1. The predicted molar refractivity (Wildman–Crippen MR) is 94.3 cm³/mol. The Labute approximate surface area is 145 Å². The van der Waals surface area contributed by atoms with Crippen LogP contribution in [0.5, 0.6) is 0 Å². The van der Waals surface area contributed by atoms with Gasteiger partial charge in [-0.3, -0.25) is 14.2 Å². The molecule has 0 saturated carbocycles. The molecule has 2 amide bonds. The van der Waals surface area contributed by atoms with Crippen molar-refractivity contribution >= 4 is 22.8 Å². The molecule has 2 heterocycles. The van der Waals surface area contributed by atoms with Crippen molar-refractivity contribution in [3.05, 3.63) is 34.7 Å². The number of carbonyl (C=O) groups excluding carboxylic acids is 2. The van der Waals surface area contributed by atoms with E-state index < -0.39 is 0 Å². The van der Waals surface area contributed by atoms with Crippen LogP contribution in [0.4, 0.5) is 0 Å². The average Bonchev–Trinajstić information content (AvgIpc) is 2.90. The van der Waals surface area contributed by atoms with Gasteiger partial charge in [-0.15, -0.1) is 0 Å². The standard InChI is InChI=1S/C17H23N5O3/c1-19(2)11-15(23)20-7-9-21(10-8-20)16(24)12-22-14-6-4-3-5-13(14)18-17(22)25/h3-6H,7-12H2,1-2H3,(H,18,25). The van der Waals surface area contributed by atoms with Crippen LogP contribution in [-0.2, 0) is 16.1 Å². The lowest BCUT2D eigenvalue weighted by molar-refractivity contribution is -0.140. The SMILES string of the molecule is CN(C)CC(=O)N1CCN(C(=O)Cn2c(=O)[nH]c3ccccc32)CC1. The molecule has 0 radical (unpaired) electrons. The van der Waals surface area contributed by atoms with E-state index in [0.717, 1.165) is 11.0 Å². The first-order chi connectivity index (χ1) is 12.0. The number of rotatable bonds is 4. The number of para-hydroxylation sites is 2. The number of piperazine rings is 1. The fraction of sp³-hybridized carbons (Fsp3) is 0.471. The quantitative estimate of drug-likeness (QED) is 0.815. The third kappa shape index (κ3) is 3.74. The van der Waals surface area contributed by atoms with Gasteiger partial charge in [0.15, 0.2) is 0 Å². The number of amides is 2. The van der Waals surface area contributed by atoms with Crippen LogP contribution in [0.1, 0.15) is 0 Å². The van der Waals surface area contributed by atoms with E-state index in [1.54, 1.807) is 9.80 Å². The molecule has 0 spiro atoms. The fourth-order valence-electron chi connectivity index (χ4n) is 3.07. The molecule has 8 nitrogen and oxygen atoms in total. The van der Waals surface area contributed by atoms with Crippen molar-refractivity contribution < 1.29 is 9.59 Å². The predicted octanol–water partition coefficient (Wildman–Crippen LogP) is -0.438. The molecule has 1 fully saturated rings. The highest BCUT2D eigenvalue weighted by atomic mass is 16.2.